The van der Waals surface area contributed by atoms with Crippen LogP contribution >= 0.6 is 0 Å². The Morgan fingerprint density at radius 2 is 1.80 bits per heavy atom. The highest BCUT2D eigenvalue weighted by atomic mass is 19.3. The summed E-state index contributed by atoms with van der Waals surface area (Å²) in [5.74, 6) is -1.57. The molecular formula is C17H12F2N2O4. The molecule has 2 aromatic carbocycles. The van der Waals surface area contributed by atoms with E-state index in [1.807, 2.05) is 0 Å². The number of hydrogen-bond acceptors (Lipinski definition) is 4. The maximum atomic E-state index is 12.2. The minimum Gasteiger partial charge on any atom is -0.435 e. The van der Waals surface area contributed by atoms with Crippen molar-refractivity contribution in [2.45, 2.75) is 6.61 Å². The van der Waals surface area contributed by atoms with E-state index in [1.165, 1.54) is 49.5 Å². The number of amides is 3. The van der Waals surface area contributed by atoms with E-state index in [0.717, 1.165) is 4.90 Å². The zero-order chi connectivity index (χ0) is 18.1. The van der Waals surface area contributed by atoms with Crippen molar-refractivity contribution in [1.82, 2.24) is 4.90 Å². The Labute approximate surface area is 141 Å². The monoisotopic (exact) mass is 346 g/mol. The van der Waals surface area contributed by atoms with Crippen LogP contribution in [0.15, 0.2) is 42.5 Å². The number of anilines is 1. The molecule has 1 heterocycles. The first-order valence-corrected chi connectivity index (χ1v) is 7.19. The van der Waals surface area contributed by atoms with Crippen LogP contribution in [0.25, 0.3) is 0 Å². The Hall–Kier alpha value is -3.29. The highest BCUT2D eigenvalue weighted by Gasteiger charge is 2.32. The molecule has 0 spiro atoms. The molecule has 1 aliphatic rings. The summed E-state index contributed by atoms with van der Waals surface area (Å²) in [4.78, 5) is 37.0. The SMILES string of the molecule is CN1C(=O)c2ccc(NC(=O)c3cccc(OC(F)F)c3)cc2C1=O. The van der Waals surface area contributed by atoms with Crippen LogP contribution < -0.4 is 10.1 Å². The molecule has 0 aromatic heterocycles. The maximum absolute atomic E-state index is 12.2. The standard InChI is InChI=1S/C17H12F2N2O4/c1-21-15(23)12-6-5-10(8-13(12)16(21)24)20-14(22)9-3-2-4-11(7-9)25-17(18)19/h2-8,17H,1H3,(H,20,22). The summed E-state index contributed by atoms with van der Waals surface area (Å²) < 4.78 is 28.7. The van der Waals surface area contributed by atoms with Crippen LogP contribution in [0.4, 0.5) is 14.5 Å². The van der Waals surface area contributed by atoms with E-state index in [2.05, 4.69) is 10.1 Å². The van der Waals surface area contributed by atoms with Gasteiger partial charge in [0.05, 0.1) is 11.1 Å². The third-order valence-electron chi connectivity index (χ3n) is 3.67. The van der Waals surface area contributed by atoms with Crippen LogP contribution in [-0.2, 0) is 0 Å². The van der Waals surface area contributed by atoms with Crippen LogP contribution in [-0.4, -0.2) is 36.3 Å². The fourth-order valence-electron chi connectivity index (χ4n) is 2.46. The van der Waals surface area contributed by atoms with E-state index >= 15 is 0 Å². The lowest BCUT2D eigenvalue weighted by Gasteiger charge is -2.08. The molecule has 0 saturated carbocycles. The summed E-state index contributed by atoms with van der Waals surface area (Å²) in [5, 5.41) is 2.55. The summed E-state index contributed by atoms with van der Waals surface area (Å²) in [6.07, 6.45) is 0. The second-order valence-electron chi connectivity index (χ2n) is 5.29. The Bertz CT molecular complexity index is 883. The molecule has 0 radical (unpaired) electrons. The lowest BCUT2D eigenvalue weighted by molar-refractivity contribution is -0.0498. The Morgan fingerprint density at radius 3 is 2.52 bits per heavy atom. The molecule has 2 aromatic rings. The number of fused-ring (bicyclic) bond motifs is 1. The van der Waals surface area contributed by atoms with Gasteiger partial charge in [0.25, 0.3) is 17.7 Å². The number of nitrogens with zero attached hydrogens (tertiary/aromatic N) is 1. The predicted octanol–water partition coefficient (Wildman–Crippen LogP) is 2.77. The first kappa shape index (κ1) is 16.6. The number of carbonyl (C=O) groups is 3. The van der Waals surface area contributed by atoms with Gasteiger partial charge in [-0.3, -0.25) is 19.3 Å². The summed E-state index contributed by atoms with van der Waals surface area (Å²) in [6, 6.07) is 9.66. The number of nitrogens with one attached hydrogen (secondary N) is 1. The molecule has 6 nitrogen and oxygen atoms in total. The number of halogens is 2. The lowest BCUT2D eigenvalue weighted by atomic mass is 10.1. The zero-order valence-electron chi connectivity index (χ0n) is 13.0. The first-order valence-electron chi connectivity index (χ1n) is 7.19. The van der Waals surface area contributed by atoms with Crippen LogP contribution in [0.2, 0.25) is 0 Å². The number of alkyl halides is 2. The molecule has 0 unspecified atom stereocenters. The van der Waals surface area contributed by atoms with E-state index in [4.69, 9.17) is 0 Å². The van der Waals surface area contributed by atoms with Crippen molar-refractivity contribution >= 4 is 23.4 Å². The quantitative estimate of drug-likeness (QED) is 0.864. The Kier molecular flexibility index (Phi) is 4.18. The van der Waals surface area contributed by atoms with E-state index in [9.17, 15) is 23.2 Å². The van der Waals surface area contributed by atoms with Gasteiger partial charge < -0.3 is 10.1 Å². The van der Waals surface area contributed by atoms with Crippen molar-refractivity contribution in [3.8, 4) is 5.75 Å². The highest BCUT2D eigenvalue weighted by molar-refractivity contribution is 6.21. The molecule has 1 N–H and O–H groups in total. The minimum atomic E-state index is -2.99. The normalized spacial score (nSPS) is 13.2. The van der Waals surface area contributed by atoms with Crippen molar-refractivity contribution in [1.29, 1.82) is 0 Å². The van der Waals surface area contributed by atoms with Gasteiger partial charge in [-0.1, -0.05) is 6.07 Å². The van der Waals surface area contributed by atoms with Gasteiger partial charge in [-0.05, 0) is 36.4 Å². The fourth-order valence-corrected chi connectivity index (χ4v) is 2.46. The van der Waals surface area contributed by atoms with Gasteiger partial charge in [-0.25, -0.2) is 0 Å². The van der Waals surface area contributed by atoms with Gasteiger partial charge in [-0.15, -0.1) is 0 Å². The van der Waals surface area contributed by atoms with Gasteiger partial charge in [0.1, 0.15) is 5.75 Å². The molecule has 0 aliphatic carbocycles. The Balaban J connectivity index is 1.81. The molecule has 0 atom stereocenters. The van der Waals surface area contributed by atoms with Gasteiger partial charge in [0.15, 0.2) is 0 Å². The van der Waals surface area contributed by atoms with Crippen LogP contribution in [0.3, 0.4) is 0 Å². The number of carbonyl (C=O) groups excluding carboxylic acids is 3. The summed E-state index contributed by atoms with van der Waals surface area (Å²) >= 11 is 0. The second-order valence-corrected chi connectivity index (χ2v) is 5.29. The van der Waals surface area contributed by atoms with Crippen molar-refractivity contribution in [2.75, 3.05) is 12.4 Å². The molecule has 0 saturated heterocycles. The predicted molar refractivity (Wildman–Crippen MR) is 83.9 cm³/mol. The second kappa shape index (κ2) is 6.31. The van der Waals surface area contributed by atoms with E-state index in [0.29, 0.717) is 5.69 Å². The first-order chi connectivity index (χ1) is 11.9. The number of ether oxygens (including phenoxy) is 1. The van der Waals surface area contributed by atoms with E-state index in [-0.39, 0.29) is 22.4 Å². The van der Waals surface area contributed by atoms with E-state index in [1.54, 1.807) is 0 Å². The molecule has 3 rings (SSSR count). The van der Waals surface area contributed by atoms with Crippen molar-refractivity contribution < 1.29 is 27.9 Å². The molecule has 0 fully saturated rings. The van der Waals surface area contributed by atoms with Crippen LogP contribution in [0, 0.1) is 0 Å². The molecule has 25 heavy (non-hydrogen) atoms. The number of benzene rings is 2. The van der Waals surface area contributed by atoms with Gasteiger partial charge in [0, 0.05) is 18.3 Å². The topological polar surface area (TPSA) is 75.7 Å². The molecular weight excluding hydrogens is 334 g/mol. The number of hydrogen-bond donors (Lipinski definition) is 1. The van der Waals surface area contributed by atoms with Crippen LogP contribution in [0.1, 0.15) is 31.1 Å². The largest absolute Gasteiger partial charge is 0.435 e. The summed E-state index contributed by atoms with van der Waals surface area (Å²) in [5.41, 5.74) is 0.872. The highest BCUT2D eigenvalue weighted by Crippen LogP contribution is 2.25. The lowest BCUT2D eigenvalue weighted by Crippen LogP contribution is -2.24. The Morgan fingerprint density at radius 1 is 1.08 bits per heavy atom. The van der Waals surface area contributed by atoms with Gasteiger partial charge >= 0.3 is 6.61 Å². The zero-order valence-corrected chi connectivity index (χ0v) is 13.0. The van der Waals surface area contributed by atoms with Crippen LogP contribution in [0.5, 0.6) is 5.75 Å². The van der Waals surface area contributed by atoms with Crippen molar-refractivity contribution in [2.24, 2.45) is 0 Å². The van der Waals surface area contributed by atoms with Crippen molar-refractivity contribution in [3.63, 3.8) is 0 Å². The minimum absolute atomic E-state index is 0.109. The smallest absolute Gasteiger partial charge is 0.387 e. The average molecular weight is 346 g/mol. The van der Waals surface area contributed by atoms with E-state index < -0.39 is 24.3 Å². The number of rotatable bonds is 4. The summed E-state index contributed by atoms with van der Waals surface area (Å²) in [6.45, 7) is -2.99. The summed E-state index contributed by atoms with van der Waals surface area (Å²) in [7, 11) is 1.37. The third-order valence-corrected chi connectivity index (χ3v) is 3.67. The van der Waals surface area contributed by atoms with Crippen molar-refractivity contribution in [3.05, 3.63) is 59.2 Å². The third kappa shape index (κ3) is 3.18. The molecule has 0 bridgehead atoms. The van der Waals surface area contributed by atoms with Gasteiger partial charge in [-0.2, -0.15) is 8.78 Å². The molecule has 128 valence electrons. The average Bonchev–Trinajstić information content (AvgIpc) is 2.79. The molecule has 1 aliphatic heterocycles. The fraction of sp³-hybridized carbons (Fsp3) is 0.118. The molecule has 3 amide bonds. The van der Waals surface area contributed by atoms with Gasteiger partial charge in [0.2, 0.25) is 0 Å². The number of imide groups is 1. The maximum Gasteiger partial charge on any atom is 0.387 e. The molecule has 8 heteroatoms.